The van der Waals surface area contributed by atoms with Gasteiger partial charge in [0.1, 0.15) is 6.42 Å². The van der Waals surface area contributed by atoms with Crippen LogP contribution < -0.4 is 0 Å². The van der Waals surface area contributed by atoms with E-state index in [2.05, 4.69) is 16.6 Å². The normalized spacial score (nSPS) is 9.19. The van der Waals surface area contributed by atoms with Crippen molar-refractivity contribution in [2.75, 3.05) is 6.61 Å². The number of carbonyl (C=O) groups is 1. The van der Waals surface area contributed by atoms with Gasteiger partial charge in [-0.3, -0.25) is 4.79 Å². The smallest absolute Gasteiger partial charge is 0.317 e. The molecule has 0 atom stereocenters. The molecule has 0 spiro atoms. The summed E-state index contributed by atoms with van der Waals surface area (Å²) in [5.41, 5.74) is -0.0655. The van der Waals surface area contributed by atoms with Gasteiger partial charge < -0.3 is 4.74 Å². The Morgan fingerprint density at radius 3 is 2.88 bits per heavy atom. The predicted molar refractivity (Wildman–Crippen MR) is 54.5 cm³/mol. The molecule has 0 aromatic heterocycles. The first-order valence-corrected chi connectivity index (χ1v) is 4.73. The quantitative estimate of drug-likeness (QED) is 0.569. The zero-order chi connectivity index (χ0) is 12.0. The van der Waals surface area contributed by atoms with Crippen molar-refractivity contribution < 1.29 is 18.3 Å². The summed E-state index contributed by atoms with van der Waals surface area (Å²) in [6.07, 6.45) is -0.135. The van der Waals surface area contributed by atoms with Crippen molar-refractivity contribution >= 4 is 5.97 Å². The Hall–Kier alpha value is -1.89. The van der Waals surface area contributed by atoms with Gasteiger partial charge in [-0.15, -0.1) is 0 Å². The first-order valence-electron chi connectivity index (χ1n) is 4.73. The minimum Gasteiger partial charge on any atom is -0.465 e. The molecular formula is C12H10F2O2. The van der Waals surface area contributed by atoms with Crippen LogP contribution in [0.2, 0.25) is 0 Å². The Labute approximate surface area is 92.2 Å². The van der Waals surface area contributed by atoms with E-state index in [1.165, 1.54) is 12.1 Å². The van der Waals surface area contributed by atoms with Crippen molar-refractivity contribution in [3.63, 3.8) is 0 Å². The lowest BCUT2D eigenvalue weighted by Crippen LogP contribution is -2.01. The number of esters is 1. The molecule has 0 radical (unpaired) electrons. The number of halogens is 2. The third kappa shape index (κ3) is 3.35. The fraction of sp³-hybridized carbons (Fsp3) is 0.250. The van der Waals surface area contributed by atoms with Gasteiger partial charge in [0, 0.05) is 0 Å². The zero-order valence-electron chi connectivity index (χ0n) is 8.72. The van der Waals surface area contributed by atoms with E-state index in [0.29, 0.717) is 0 Å². The van der Waals surface area contributed by atoms with Crippen LogP contribution in [0, 0.1) is 23.5 Å². The fourth-order valence-electron chi connectivity index (χ4n) is 1.02. The van der Waals surface area contributed by atoms with Crippen LogP contribution in [0.4, 0.5) is 8.78 Å². The Bertz CT molecular complexity index is 444. The monoisotopic (exact) mass is 224 g/mol. The third-order valence-electron chi connectivity index (χ3n) is 1.71. The Morgan fingerprint density at radius 2 is 2.19 bits per heavy atom. The number of benzene rings is 1. The molecule has 4 heteroatoms. The molecule has 0 saturated heterocycles. The number of hydrogen-bond acceptors (Lipinski definition) is 2. The second kappa shape index (κ2) is 5.86. The maximum absolute atomic E-state index is 13.1. The summed E-state index contributed by atoms with van der Waals surface area (Å²) in [5.74, 6) is 2.36. The number of carbonyl (C=O) groups excluding carboxylic acids is 1. The minimum absolute atomic E-state index is 0.0655. The van der Waals surface area contributed by atoms with Crippen LogP contribution in [0.15, 0.2) is 18.2 Å². The van der Waals surface area contributed by atoms with Crippen LogP contribution in [0.5, 0.6) is 0 Å². The average molecular weight is 224 g/mol. The largest absolute Gasteiger partial charge is 0.465 e. The topological polar surface area (TPSA) is 26.3 Å². The number of hydrogen-bond donors (Lipinski definition) is 0. The van der Waals surface area contributed by atoms with Gasteiger partial charge in [0.05, 0.1) is 12.2 Å². The standard InChI is InChI=1S/C12H10F2O2/c1-2-16-11(15)8-4-6-9-5-3-7-10(13)12(9)14/h3,5,7H,2,8H2,1H3. The minimum atomic E-state index is -1.00. The first-order chi connectivity index (χ1) is 7.65. The van der Waals surface area contributed by atoms with Crippen LogP contribution in [0.25, 0.3) is 0 Å². The molecular weight excluding hydrogens is 214 g/mol. The molecule has 0 heterocycles. The molecule has 0 unspecified atom stereocenters. The van der Waals surface area contributed by atoms with E-state index in [9.17, 15) is 13.6 Å². The molecule has 0 aliphatic carbocycles. The molecule has 1 rings (SSSR count). The highest BCUT2D eigenvalue weighted by Crippen LogP contribution is 2.09. The van der Waals surface area contributed by atoms with Crippen molar-refractivity contribution in [2.24, 2.45) is 0 Å². The van der Waals surface area contributed by atoms with Gasteiger partial charge in [-0.05, 0) is 19.1 Å². The molecule has 84 valence electrons. The lowest BCUT2D eigenvalue weighted by molar-refractivity contribution is -0.141. The summed E-state index contributed by atoms with van der Waals surface area (Å²) in [5, 5.41) is 0. The molecule has 0 aliphatic rings. The Balaban J connectivity index is 2.70. The third-order valence-corrected chi connectivity index (χ3v) is 1.71. The maximum atomic E-state index is 13.1. The predicted octanol–water partition coefficient (Wildman–Crippen LogP) is 2.27. The Morgan fingerprint density at radius 1 is 1.44 bits per heavy atom. The van der Waals surface area contributed by atoms with Gasteiger partial charge in [-0.1, -0.05) is 17.9 Å². The second-order valence-electron chi connectivity index (χ2n) is 2.88. The summed E-state index contributed by atoms with van der Waals surface area (Å²) in [6, 6.07) is 3.70. The number of ether oxygens (including phenoxy) is 1. The lowest BCUT2D eigenvalue weighted by Gasteiger charge is -1.96. The van der Waals surface area contributed by atoms with Crippen LogP contribution in [-0.4, -0.2) is 12.6 Å². The van der Waals surface area contributed by atoms with Crippen molar-refractivity contribution in [3.05, 3.63) is 35.4 Å². The van der Waals surface area contributed by atoms with Crippen molar-refractivity contribution in [1.82, 2.24) is 0 Å². The molecule has 0 amide bonds. The molecule has 0 aliphatic heterocycles. The zero-order valence-corrected chi connectivity index (χ0v) is 8.72. The highest BCUT2D eigenvalue weighted by molar-refractivity contribution is 5.72. The SMILES string of the molecule is CCOC(=O)CC#Cc1cccc(F)c1F. The highest BCUT2D eigenvalue weighted by atomic mass is 19.2. The van der Waals surface area contributed by atoms with E-state index in [1.807, 2.05) is 0 Å². The summed E-state index contributed by atoms with van der Waals surface area (Å²) < 4.78 is 30.5. The molecule has 1 aromatic carbocycles. The molecule has 16 heavy (non-hydrogen) atoms. The second-order valence-corrected chi connectivity index (χ2v) is 2.88. The van der Waals surface area contributed by atoms with Crippen LogP contribution in [0.1, 0.15) is 18.9 Å². The van der Waals surface area contributed by atoms with Crippen molar-refractivity contribution in [2.45, 2.75) is 13.3 Å². The summed E-state index contributed by atoms with van der Waals surface area (Å²) in [7, 11) is 0. The molecule has 0 saturated carbocycles. The van der Waals surface area contributed by atoms with E-state index in [0.717, 1.165) is 6.07 Å². The van der Waals surface area contributed by atoms with Gasteiger partial charge in [0.2, 0.25) is 0 Å². The first kappa shape index (κ1) is 12.2. The fourth-order valence-corrected chi connectivity index (χ4v) is 1.02. The molecule has 0 bridgehead atoms. The van der Waals surface area contributed by atoms with Crippen molar-refractivity contribution in [1.29, 1.82) is 0 Å². The van der Waals surface area contributed by atoms with Crippen LogP contribution in [-0.2, 0) is 9.53 Å². The maximum Gasteiger partial charge on any atom is 0.317 e. The highest BCUT2D eigenvalue weighted by Gasteiger charge is 2.04. The van der Waals surface area contributed by atoms with Crippen molar-refractivity contribution in [3.8, 4) is 11.8 Å². The van der Waals surface area contributed by atoms with Gasteiger partial charge in [-0.2, -0.15) is 0 Å². The average Bonchev–Trinajstić information content (AvgIpc) is 2.25. The molecule has 0 N–H and O–H groups in total. The van der Waals surface area contributed by atoms with E-state index >= 15 is 0 Å². The molecule has 0 fully saturated rings. The van der Waals surface area contributed by atoms with Gasteiger partial charge in [0.15, 0.2) is 11.6 Å². The lowest BCUT2D eigenvalue weighted by atomic mass is 10.2. The van der Waals surface area contributed by atoms with E-state index in [1.54, 1.807) is 6.92 Å². The summed E-state index contributed by atoms with van der Waals surface area (Å²) >= 11 is 0. The van der Waals surface area contributed by atoms with Gasteiger partial charge >= 0.3 is 5.97 Å². The van der Waals surface area contributed by atoms with E-state index in [4.69, 9.17) is 0 Å². The molecule has 1 aromatic rings. The number of rotatable bonds is 2. The van der Waals surface area contributed by atoms with Gasteiger partial charge in [-0.25, -0.2) is 8.78 Å². The summed E-state index contributed by atoms with van der Waals surface area (Å²) in [4.78, 5) is 10.9. The Kier molecular flexibility index (Phi) is 4.46. The molecule has 2 nitrogen and oxygen atoms in total. The van der Waals surface area contributed by atoms with Gasteiger partial charge in [0.25, 0.3) is 0 Å². The van der Waals surface area contributed by atoms with E-state index < -0.39 is 17.6 Å². The van der Waals surface area contributed by atoms with Crippen LogP contribution in [0.3, 0.4) is 0 Å². The van der Waals surface area contributed by atoms with E-state index in [-0.39, 0.29) is 18.6 Å². The van der Waals surface area contributed by atoms with Crippen LogP contribution >= 0.6 is 0 Å². The summed E-state index contributed by atoms with van der Waals surface area (Å²) in [6.45, 7) is 1.95.